The van der Waals surface area contributed by atoms with Gasteiger partial charge in [-0.1, -0.05) is 35.9 Å². The summed E-state index contributed by atoms with van der Waals surface area (Å²) in [5, 5.41) is 0.144. The molecule has 29 heavy (non-hydrogen) atoms. The largest absolute Gasteiger partial charge is 0.457 e. The first-order valence-corrected chi connectivity index (χ1v) is 9.86. The van der Waals surface area contributed by atoms with Gasteiger partial charge in [0.15, 0.2) is 5.78 Å². The number of rotatable bonds is 4. The summed E-state index contributed by atoms with van der Waals surface area (Å²) >= 11 is 6.72. The number of ketones is 1. The van der Waals surface area contributed by atoms with Crippen molar-refractivity contribution in [2.75, 3.05) is 4.90 Å². The number of benzene rings is 2. The maximum Gasteiger partial charge on any atom is 0.298 e. The minimum absolute atomic E-state index is 0.00639. The standard InChI is InChI=1S/C22H14ClNO4S/c1-13(25)14-2-4-15(5-3-14)19-11-10-18(28-19)12-20-21(26)24(22(27)29-20)17-8-6-16(23)7-9-17/h2-12H,1H3/b20-12+. The minimum atomic E-state index is -0.411. The van der Waals surface area contributed by atoms with Crippen molar-refractivity contribution < 1.29 is 18.8 Å². The van der Waals surface area contributed by atoms with Crippen LogP contribution in [0.1, 0.15) is 23.0 Å². The van der Waals surface area contributed by atoms with Crippen molar-refractivity contribution in [3.05, 3.63) is 81.9 Å². The highest BCUT2D eigenvalue weighted by molar-refractivity contribution is 8.19. The highest BCUT2D eigenvalue weighted by Gasteiger charge is 2.36. The molecule has 3 aromatic rings. The van der Waals surface area contributed by atoms with Crippen LogP contribution in [0.15, 0.2) is 70.0 Å². The molecule has 0 radical (unpaired) electrons. The molecule has 4 rings (SSSR count). The number of thioether (sulfide) groups is 1. The number of halogens is 1. The van der Waals surface area contributed by atoms with E-state index in [-0.39, 0.29) is 15.9 Å². The summed E-state index contributed by atoms with van der Waals surface area (Å²) in [7, 11) is 0. The van der Waals surface area contributed by atoms with Crippen LogP contribution in [0.5, 0.6) is 0 Å². The summed E-state index contributed by atoms with van der Waals surface area (Å²) in [4.78, 5) is 37.8. The number of hydrogen-bond donors (Lipinski definition) is 0. The lowest BCUT2D eigenvalue weighted by Crippen LogP contribution is -2.27. The van der Waals surface area contributed by atoms with Gasteiger partial charge >= 0.3 is 0 Å². The molecule has 5 nitrogen and oxygen atoms in total. The van der Waals surface area contributed by atoms with Crippen molar-refractivity contribution >= 4 is 52.1 Å². The highest BCUT2D eigenvalue weighted by atomic mass is 35.5. The Kier molecular flexibility index (Phi) is 5.13. The van der Waals surface area contributed by atoms with E-state index in [1.54, 1.807) is 66.7 Å². The van der Waals surface area contributed by atoms with Crippen molar-refractivity contribution in [2.24, 2.45) is 0 Å². The van der Waals surface area contributed by atoms with Gasteiger partial charge in [-0.2, -0.15) is 0 Å². The zero-order valence-corrected chi connectivity index (χ0v) is 16.8. The fourth-order valence-corrected chi connectivity index (χ4v) is 3.81. The molecule has 0 atom stereocenters. The molecule has 1 aliphatic rings. The van der Waals surface area contributed by atoms with Crippen LogP contribution in [0.25, 0.3) is 17.4 Å². The van der Waals surface area contributed by atoms with Crippen molar-refractivity contribution in [3.63, 3.8) is 0 Å². The molecular formula is C22H14ClNO4S. The van der Waals surface area contributed by atoms with Crippen LogP contribution in [0.4, 0.5) is 10.5 Å². The lowest BCUT2D eigenvalue weighted by Gasteiger charge is -2.11. The van der Waals surface area contributed by atoms with E-state index in [1.165, 1.54) is 6.92 Å². The van der Waals surface area contributed by atoms with E-state index in [0.29, 0.717) is 27.8 Å². The maximum atomic E-state index is 12.7. The summed E-state index contributed by atoms with van der Waals surface area (Å²) < 4.78 is 5.80. The molecule has 0 N–H and O–H groups in total. The molecule has 0 unspecified atom stereocenters. The van der Waals surface area contributed by atoms with Crippen LogP contribution in [-0.4, -0.2) is 16.9 Å². The number of imide groups is 1. The zero-order valence-electron chi connectivity index (χ0n) is 15.2. The van der Waals surface area contributed by atoms with Gasteiger partial charge in [-0.25, -0.2) is 4.90 Å². The van der Waals surface area contributed by atoms with E-state index >= 15 is 0 Å². The number of carbonyl (C=O) groups is 3. The van der Waals surface area contributed by atoms with Crippen LogP contribution < -0.4 is 4.90 Å². The van der Waals surface area contributed by atoms with Crippen molar-refractivity contribution in [1.29, 1.82) is 0 Å². The number of carbonyl (C=O) groups excluding carboxylic acids is 3. The summed E-state index contributed by atoms with van der Waals surface area (Å²) in [6, 6.07) is 17.1. The van der Waals surface area contributed by atoms with Gasteiger partial charge in [-0.05, 0) is 55.1 Å². The third kappa shape index (κ3) is 3.90. The summed E-state index contributed by atoms with van der Waals surface area (Å²) in [6.45, 7) is 1.51. The van der Waals surface area contributed by atoms with E-state index in [2.05, 4.69) is 0 Å². The second-order valence-corrected chi connectivity index (χ2v) is 7.76. The van der Waals surface area contributed by atoms with E-state index in [4.69, 9.17) is 16.0 Å². The van der Waals surface area contributed by atoms with Crippen molar-refractivity contribution in [1.82, 2.24) is 0 Å². The molecule has 1 saturated heterocycles. The van der Waals surface area contributed by atoms with Gasteiger partial charge in [0.1, 0.15) is 11.5 Å². The molecule has 2 aromatic carbocycles. The van der Waals surface area contributed by atoms with Gasteiger partial charge in [0.2, 0.25) is 0 Å². The van der Waals surface area contributed by atoms with E-state index in [9.17, 15) is 14.4 Å². The number of furan rings is 1. The molecule has 2 amide bonds. The Morgan fingerprint density at radius 1 is 1.00 bits per heavy atom. The molecule has 2 heterocycles. The van der Waals surface area contributed by atoms with Gasteiger partial charge in [0.05, 0.1) is 10.6 Å². The number of anilines is 1. The average Bonchev–Trinajstić information content (AvgIpc) is 3.28. The number of amides is 2. The smallest absolute Gasteiger partial charge is 0.298 e. The van der Waals surface area contributed by atoms with Gasteiger partial charge in [-0.3, -0.25) is 14.4 Å². The van der Waals surface area contributed by atoms with Crippen LogP contribution in [0.3, 0.4) is 0 Å². The number of hydrogen-bond acceptors (Lipinski definition) is 5. The Morgan fingerprint density at radius 3 is 2.34 bits per heavy atom. The monoisotopic (exact) mass is 423 g/mol. The molecule has 1 fully saturated rings. The summed E-state index contributed by atoms with van der Waals surface area (Å²) in [5.74, 6) is 0.639. The lowest BCUT2D eigenvalue weighted by molar-refractivity contribution is -0.113. The van der Waals surface area contributed by atoms with Gasteiger partial charge in [-0.15, -0.1) is 0 Å². The van der Waals surface area contributed by atoms with Gasteiger partial charge in [0, 0.05) is 22.2 Å². The minimum Gasteiger partial charge on any atom is -0.457 e. The molecule has 0 aliphatic carbocycles. The Morgan fingerprint density at radius 2 is 1.69 bits per heavy atom. The van der Waals surface area contributed by atoms with Crippen molar-refractivity contribution in [3.8, 4) is 11.3 Å². The van der Waals surface area contributed by atoms with E-state index in [1.807, 2.05) is 0 Å². The molecule has 144 valence electrons. The second kappa shape index (κ2) is 7.73. The first kappa shape index (κ1) is 19.2. The SMILES string of the molecule is CC(=O)c1ccc(-c2ccc(/C=C3/SC(=O)N(c4ccc(Cl)cc4)C3=O)o2)cc1. The number of nitrogens with zero attached hydrogens (tertiary/aromatic N) is 1. The number of Topliss-reactive ketones (excluding diaryl/α,β-unsaturated/α-hetero) is 1. The van der Waals surface area contributed by atoms with Crippen LogP contribution >= 0.6 is 23.4 Å². The normalized spacial score (nSPS) is 15.4. The van der Waals surface area contributed by atoms with Crippen LogP contribution in [-0.2, 0) is 4.79 Å². The quantitative estimate of drug-likeness (QED) is 0.377. The van der Waals surface area contributed by atoms with E-state index in [0.717, 1.165) is 22.2 Å². The molecule has 1 aliphatic heterocycles. The van der Waals surface area contributed by atoms with Crippen molar-refractivity contribution in [2.45, 2.75) is 6.92 Å². The predicted molar refractivity (Wildman–Crippen MR) is 114 cm³/mol. The zero-order chi connectivity index (χ0) is 20.5. The predicted octanol–water partition coefficient (Wildman–Crippen LogP) is 6.04. The van der Waals surface area contributed by atoms with Crippen LogP contribution in [0.2, 0.25) is 5.02 Å². The van der Waals surface area contributed by atoms with Crippen LogP contribution in [0, 0.1) is 0 Å². The maximum absolute atomic E-state index is 12.7. The molecule has 0 saturated carbocycles. The van der Waals surface area contributed by atoms with Gasteiger partial charge in [0.25, 0.3) is 11.1 Å². The molecule has 0 bridgehead atoms. The molecule has 1 aromatic heterocycles. The Balaban J connectivity index is 1.57. The Bertz CT molecular complexity index is 1150. The Hall–Kier alpha value is -3.09. The fourth-order valence-electron chi connectivity index (χ4n) is 2.86. The lowest BCUT2D eigenvalue weighted by atomic mass is 10.1. The summed E-state index contributed by atoms with van der Waals surface area (Å²) in [6.07, 6.45) is 1.55. The molecular weight excluding hydrogens is 410 g/mol. The third-order valence-corrected chi connectivity index (χ3v) is 5.48. The topological polar surface area (TPSA) is 67.6 Å². The average molecular weight is 424 g/mol. The molecule has 0 spiro atoms. The molecule has 7 heteroatoms. The second-order valence-electron chi connectivity index (χ2n) is 6.33. The fraction of sp³-hybridized carbons (Fsp3) is 0.0455. The van der Waals surface area contributed by atoms with E-state index < -0.39 is 5.91 Å². The third-order valence-electron chi connectivity index (χ3n) is 4.35. The first-order chi connectivity index (χ1) is 13.9. The Labute approximate surface area is 176 Å². The highest BCUT2D eigenvalue weighted by Crippen LogP contribution is 2.36. The first-order valence-electron chi connectivity index (χ1n) is 8.67. The summed E-state index contributed by atoms with van der Waals surface area (Å²) in [5.41, 5.74) is 1.89. The van der Waals surface area contributed by atoms with Gasteiger partial charge < -0.3 is 4.42 Å².